The fraction of sp³-hybridized carbons (Fsp3) is 0.500. The Morgan fingerprint density at radius 1 is 1.47 bits per heavy atom. The second-order valence-electron chi connectivity index (χ2n) is 3.57. The number of benzene rings is 1. The van der Waals surface area contributed by atoms with Gasteiger partial charge in [-0.15, -0.1) is 0 Å². The van der Waals surface area contributed by atoms with Crippen LogP contribution in [0, 0.1) is 0 Å². The average molecular weight is 209 g/mol. The molecule has 1 aromatic rings. The summed E-state index contributed by atoms with van der Waals surface area (Å²) < 4.78 is 5.39. The summed E-state index contributed by atoms with van der Waals surface area (Å²) in [5.41, 5.74) is 1.08. The van der Waals surface area contributed by atoms with Gasteiger partial charge in [-0.05, 0) is 31.5 Å². The number of aromatic hydroxyl groups is 1. The Morgan fingerprint density at radius 2 is 2.27 bits per heavy atom. The van der Waals surface area contributed by atoms with Crippen LogP contribution < -0.4 is 5.32 Å². The molecule has 0 aliphatic rings. The van der Waals surface area contributed by atoms with Gasteiger partial charge in [-0.25, -0.2) is 0 Å². The lowest BCUT2D eigenvalue weighted by Gasteiger charge is -2.12. The van der Waals surface area contributed by atoms with Gasteiger partial charge < -0.3 is 15.2 Å². The number of phenols is 1. The molecule has 3 heteroatoms. The van der Waals surface area contributed by atoms with E-state index < -0.39 is 0 Å². The Balaban J connectivity index is 2.25. The van der Waals surface area contributed by atoms with Crippen LogP contribution in [0.2, 0.25) is 0 Å². The number of nitrogens with one attached hydrogen (secondary N) is 1. The third-order valence-corrected chi connectivity index (χ3v) is 2.12. The van der Waals surface area contributed by atoms with Crippen LogP contribution in [0.15, 0.2) is 24.3 Å². The first kappa shape index (κ1) is 12.0. The lowest BCUT2D eigenvalue weighted by Crippen LogP contribution is -2.26. The van der Waals surface area contributed by atoms with Crippen molar-refractivity contribution in [2.24, 2.45) is 0 Å². The van der Waals surface area contributed by atoms with Crippen molar-refractivity contribution in [3.8, 4) is 5.75 Å². The van der Waals surface area contributed by atoms with Gasteiger partial charge in [0, 0.05) is 19.7 Å². The van der Waals surface area contributed by atoms with Crippen LogP contribution in [0.1, 0.15) is 19.4 Å². The van der Waals surface area contributed by atoms with Gasteiger partial charge in [0.05, 0.1) is 6.10 Å². The zero-order valence-corrected chi connectivity index (χ0v) is 9.36. The molecule has 1 unspecified atom stereocenters. The minimum atomic E-state index is 0.229. The van der Waals surface area contributed by atoms with E-state index in [-0.39, 0.29) is 6.10 Å². The number of ether oxygens (including phenoxy) is 1. The van der Waals surface area contributed by atoms with Crippen molar-refractivity contribution in [1.82, 2.24) is 5.32 Å². The third-order valence-electron chi connectivity index (χ3n) is 2.12. The lowest BCUT2D eigenvalue weighted by molar-refractivity contribution is 0.0759. The predicted molar refractivity (Wildman–Crippen MR) is 60.9 cm³/mol. The van der Waals surface area contributed by atoms with Crippen molar-refractivity contribution in [2.45, 2.75) is 26.5 Å². The summed E-state index contributed by atoms with van der Waals surface area (Å²) in [5.74, 6) is 0.312. The molecule has 0 aliphatic carbocycles. The van der Waals surface area contributed by atoms with Crippen LogP contribution in [0.25, 0.3) is 0 Å². The quantitative estimate of drug-likeness (QED) is 0.752. The molecule has 0 aromatic heterocycles. The van der Waals surface area contributed by atoms with Gasteiger partial charge in [-0.3, -0.25) is 0 Å². The highest BCUT2D eigenvalue weighted by Crippen LogP contribution is 2.10. The summed E-state index contributed by atoms with van der Waals surface area (Å²) in [4.78, 5) is 0. The number of phenolic OH excluding ortho intramolecular Hbond substituents is 1. The molecule has 0 heterocycles. The standard InChI is InChI=1S/C12H19NO2/c1-3-15-10(2)8-13-9-11-5-4-6-12(14)7-11/h4-7,10,13-14H,3,8-9H2,1-2H3. The Morgan fingerprint density at radius 3 is 2.93 bits per heavy atom. The van der Waals surface area contributed by atoms with E-state index in [9.17, 15) is 5.11 Å². The summed E-state index contributed by atoms with van der Waals surface area (Å²) in [7, 11) is 0. The molecule has 15 heavy (non-hydrogen) atoms. The average Bonchev–Trinajstić information content (AvgIpc) is 2.18. The first-order chi connectivity index (χ1) is 7.22. The second-order valence-corrected chi connectivity index (χ2v) is 3.57. The molecule has 0 fully saturated rings. The molecular formula is C12H19NO2. The van der Waals surface area contributed by atoms with E-state index in [0.717, 1.165) is 25.3 Å². The zero-order chi connectivity index (χ0) is 11.1. The first-order valence-electron chi connectivity index (χ1n) is 5.32. The molecule has 0 bridgehead atoms. The molecule has 3 nitrogen and oxygen atoms in total. The van der Waals surface area contributed by atoms with E-state index in [2.05, 4.69) is 5.32 Å². The summed E-state index contributed by atoms with van der Waals surface area (Å²) in [5, 5.41) is 12.5. The van der Waals surface area contributed by atoms with E-state index in [4.69, 9.17) is 4.74 Å². The van der Waals surface area contributed by atoms with Crippen molar-refractivity contribution in [2.75, 3.05) is 13.2 Å². The van der Waals surface area contributed by atoms with Crippen molar-refractivity contribution in [1.29, 1.82) is 0 Å². The Labute approximate surface area is 91.1 Å². The molecular weight excluding hydrogens is 190 g/mol. The molecule has 0 radical (unpaired) electrons. The smallest absolute Gasteiger partial charge is 0.115 e. The van der Waals surface area contributed by atoms with E-state index in [1.807, 2.05) is 26.0 Å². The molecule has 0 spiro atoms. The van der Waals surface area contributed by atoms with Crippen molar-refractivity contribution < 1.29 is 9.84 Å². The van der Waals surface area contributed by atoms with Crippen LogP contribution in [-0.4, -0.2) is 24.4 Å². The van der Waals surface area contributed by atoms with Gasteiger partial charge >= 0.3 is 0 Å². The highest BCUT2D eigenvalue weighted by molar-refractivity contribution is 5.26. The molecule has 0 saturated carbocycles. The summed E-state index contributed by atoms with van der Waals surface area (Å²) in [6.07, 6.45) is 0.229. The Kier molecular flexibility index (Phi) is 5.15. The number of rotatable bonds is 6. The van der Waals surface area contributed by atoms with Gasteiger partial charge in [-0.1, -0.05) is 12.1 Å². The monoisotopic (exact) mass is 209 g/mol. The maximum Gasteiger partial charge on any atom is 0.115 e. The molecule has 2 N–H and O–H groups in total. The molecule has 1 atom stereocenters. The number of hydrogen-bond donors (Lipinski definition) is 2. The van der Waals surface area contributed by atoms with Crippen molar-refractivity contribution >= 4 is 0 Å². The van der Waals surface area contributed by atoms with E-state index in [0.29, 0.717) is 5.75 Å². The maximum atomic E-state index is 9.25. The van der Waals surface area contributed by atoms with Crippen LogP contribution in [-0.2, 0) is 11.3 Å². The van der Waals surface area contributed by atoms with Crippen molar-refractivity contribution in [3.05, 3.63) is 29.8 Å². The second kappa shape index (κ2) is 6.43. The molecule has 0 amide bonds. The van der Waals surface area contributed by atoms with Crippen molar-refractivity contribution in [3.63, 3.8) is 0 Å². The van der Waals surface area contributed by atoms with Gasteiger partial charge in [0.15, 0.2) is 0 Å². The van der Waals surface area contributed by atoms with Crippen LogP contribution in [0.3, 0.4) is 0 Å². The third kappa shape index (κ3) is 4.81. The van der Waals surface area contributed by atoms with Gasteiger partial charge in [0.2, 0.25) is 0 Å². The lowest BCUT2D eigenvalue weighted by atomic mass is 10.2. The molecule has 1 rings (SSSR count). The molecule has 0 saturated heterocycles. The summed E-state index contributed by atoms with van der Waals surface area (Å²) in [6.45, 7) is 6.36. The minimum Gasteiger partial charge on any atom is -0.508 e. The maximum absolute atomic E-state index is 9.25. The first-order valence-corrected chi connectivity index (χ1v) is 5.32. The molecule has 0 aliphatic heterocycles. The van der Waals surface area contributed by atoms with E-state index in [1.54, 1.807) is 12.1 Å². The molecule has 1 aromatic carbocycles. The fourth-order valence-corrected chi connectivity index (χ4v) is 1.43. The molecule has 84 valence electrons. The SMILES string of the molecule is CCOC(C)CNCc1cccc(O)c1. The van der Waals surface area contributed by atoms with Crippen LogP contribution in [0.4, 0.5) is 0 Å². The Hall–Kier alpha value is -1.06. The summed E-state index contributed by atoms with van der Waals surface area (Å²) in [6, 6.07) is 7.26. The van der Waals surface area contributed by atoms with Gasteiger partial charge in [0.25, 0.3) is 0 Å². The highest BCUT2D eigenvalue weighted by Gasteiger charge is 2.00. The Bertz CT molecular complexity index is 289. The van der Waals surface area contributed by atoms with Crippen LogP contribution >= 0.6 is 0 Å². The fourth-order valence-electron chi connectivity index (χ4n) is 1.43. The van der Waals surface area contributed by atoms with E-state index in [1.165, 1.54) is 0 Å². The normalized spacial score (nSPS) is 12.7. The number of hydrogen-bond acceptors (Lipinski definition) is 3. The topological polar surface area (TPSA) is 41.5 Å². The zero-order valence-electron chi connectivity index (χ0n) is 9.36. The van der Waals surface area contributed by atoms with E-state index >= 15 is 0 Å². The highest BCUT2D eigenvalue weighted by atomic mass is 16.5. The largest absolute Gasteiger partial charge is 0.508 e. The summed E-state index contributed by atoms with van der Waals surface area (Å²) >= 11 is 0. The van der Waals surface area contributed by atoms with Gasteiger partial charge in [-0.2, -0.15) is 0 Å². The van der Waals surface area contributed by atoms with Gasteiger partial charge in [0.1, 0.15) is 5.75 Å². The minimum absolute atomic E-state index is 0.229. The predicted octanol–water partition coefficient (Wildman–Crippen LogP) is 1.91. The van der Waals surface area contributed by atoms with Crippen LogP contribution in [0.5, 0.6) is 5.75 Å².